The Morgan fingerprint density at radius 3 is 2.80 bits per heavy atom. The van der Waals surface area contributed by atoms with Crippen LogP contribution in [0, 0.1) is 0 Å². The van der Waals surface area contributed by atoms with Gasteiger partial charge in [-0.3, -0.25) is 0 Å². The summed E-state index contributed by atoms with van der Waals surface area (Å²) in [4.78, 5) is 10.2. The van der Waals surface area contributed by atoms with Gasteiger partial charge in [-0.1, -0.05) is 12.1 Å². The van der Waals surface area contributed by atoms with E-state index in [2.05, 4.69) is 10.1 Å². The molecule has 0 atom stereocenters. The number of rotatable bonds is 5. The Balaban J connectivity index is 2.21. The quantitative estimate of drug-likeness (QED) is 0.501. The maximum Gasteiger partial charge on any atom is 0.404 e. The fourth-order valence-corrected chi connectivity index (χ4v) is 1.13. The number of hydrogen-bond acceptors (Lipinski definition) is 4. The first-order chi connectivity index (χ1) is 7.20. The van der Waals surface area contributed by atoms with Crippen molar-refractivity contribution >= 4 is 17.5 Å². The molecule has 0 aliphatic carbocycles. The molecule has 0 heterocycles. The molecule has 1 rings (SSSR count). The van der Waals surface area contributed by atoms with E-state index in [9.17, 15) is 4.79 Å². The van der Waals surface area contributed by atoms with Crippen LogP contribution in [0.1, 0.15) is 6.42 Å². The molecule has 1 amide bonds. The Morgan fingerprint density at radius 2 is 2.13 bits per heavy atom. The molecule has 5 nitrogen and oxygen atoms in total. The molecule has 0 aliphatic heterocycles. The van der Waals surface area contributed by atoms with E-state index in [1.165, 1.54) is 0 Å². The van der Waals surface area contributed by atoms with Crippen LogP contribution in [0.25, 0.3) is 0 Å². The SMILES string of the molecule is NC(=O)OCCCNc1ccccc1N. The van der Waals surface area contributed by atoms with E-state index in [0.29, 0.717) is 25.3 Å². The van der Waals surface area contributed by atoms with Gasteiger partial charge in [0.1, 0.15) is 0 Å². The third-order valence-corrected chi connectivity index (χ3v) is 1.84. The van der Waals surface area contributed by atoms with Crippen LogP contribution in [0.3, 0.4) is 0 Å². The maximum absolute atomic E-state index is 10.2. The first kappa shape index (κ1) is 11.2. The van der Waals surface area contributed by atoms with Crippen LogP contribution in [0.2, 0.25) is 0 Å². The summed E-state index contributed by atoms with van der Waals surface area (Å²) in [5, 5.41) is 3.13. The van der Waals surface area contributed by atoms with E-state index in [1.807, 2.05) is 24.3 Å². The van der Waals surface area contributed by atoms with Crippen molar-refractivity contribution in [3.63, 3.8) is 0 Å². The molecule has 0 saturated heterocycles. The molecule has 0 saturated carbocycles. The maximum atomic E-state index is 10.2. The number of carbonyl (C=O) groups excluding carboxylic acids is 1. The van der Waals surface area contributed by atoms with E-state index in [0.717, 1.165) is 5.69 Å². The number of benzene rings is 1. The molecule has 0 fully saturated rings. The van der Waals surface area contributed by atoms with Gasteiger partial charge in [0.05, 0.1) is 18.0 Å². The van der Waals surface area contributed by atoms with Gasteiger partial charge in [0.15, 0.2) is 0 Å². The lowest BCUT2D eigenvalue weighted by atomic mass is 10.2. The molecular formula is C10H15N3O2. The lowest BCUT2D eigenvalue weighted by Crippen LogP contribution is -2.15. The first-order valence-corrected chi connectivity index (χ1v) is 4.71. The van der Waals surface area contributed by atoms with Crippen LogP contribution in [-0.2, 0) is 4.74 Å². The first-order valence-electron chi connectivity index (χ1n) is 4.71. The zero-order valence-electron chi connectivity index (χ0n) is 8.40. The number of ether oxygens (including phenoxy) is 1. The third kappa shape index (κ3) is 4.21. The molecule has 5 heteroatoms. The predicted octanol–water partition coefficient (Wildman–Crippen LogP) is 1.17. The summed E-state index contributed by atoms with van der Waals surface area (Å²) in [6.07, 6.45) is -0.0497. The minimum absolute atomic E-state index is 0.315. The van der Waals surface area contributed by atoms with Crippen LogP contribution in [-0.4, -0.2) is 19.2 Å². The van der Waals surface area contributed by atoms with Crippen LogP contribution >= 0.6 is 0 Å². The molecule has 15 heavy (non-hydrogen) atoms. The van der Waals surface area contributed by atoms with Crippen molar-refractivity contribution in [2.75, 3.05) is 24.2 Å². The Bertz CT molecular complexity index is 328. The molecule has 82 valence electrons. The highest BCUT2D eigenvalue weighted by atomic mass is 16.5. The molecule has 0 radical (unpaired) electrons. The van der Waals surface area contributed by atoms with Crippen molar-refractivity contribution < 1.29 is 9.53 Å². The van der Waals surface area contributed by atoms with Gasteiger partial charge in [-0.15, -0.1) is 0 Å². The molecular weight excluding hydrogens is 194 g/mol. The molecule has 1 aromatic rings. The van der Waals surface area contributed by atoms with Crippen molar-refractivity contribution in [1.29, 1.82) is 0 Å². The van der Waals surface area contributed by atoms with Gasteiger partial charge in [0, 0.05) is 6.54 Å². The molecule has 0 aliphatic rings. The summed E-state index contributed by atoms with van der Waals surface area (Å²) in [7, 11) is 0. The standard InChI is InChI=1S/C10H15N3O2/c11-8-4-1-2-5-9(8)13-6-3-7-15-10(12)14/h1-2,4-5,13H,3,6-7,11H2,(H2,12,14). The van der Waals surface area contributed by atoms with Crippen LogP contribution in [0.4, 0.5) is 16.2 Å². The molecule has 1 aromatic carbocycles. The fraction of sp³-hybridized carbons (Fsp3) is 0.300. The number of nitrogens with two attached hydrogens (primary N) is 2. The highest BCUT2D eigenvalue weighted by Gasteiger charge is 1.96. The second-order valence-corrected chi connectivity index (χ2v) is 3.04. The highest BCUT2D eigenvalue weighted by Crippen LogP contribution is 2.16. The van der Waals surface area contributed by atoms with E-state index in [1.54, 1.807) is 0 Å². The molecule has 0 aromatic heterocycles. The molecule has 0 spiro atoms. The number of hydrogen-bond donors (Lipinski definition) is 3. The molecule has 0 bridgehead atoms. The summed E-state index contributed by atoms with van der Waals surface area (Å²) in [5.74, 6) is 0. The van der Waals surface area contributed by atoms with Crippen LogP contribution in [0.15, 0.2) is 24.3 Å². The van der Waals surface area contributed by atoms with Gasteiger partial charge in [0.25, 0.3) is 0 Å². The number of nitrogens with one attached hydrogen (secondary N) is 1. The summed E-state index contributed by atoms with van der Waals surface area (Å²) >= 11 is 0. The van der Waals surface area contributed by atoms with Gasteiger partial charge in [-0.25, -0.2) is 4.79 Å². The summed E-state index contributed by atoms with van der Waals surface area (Å²) < 4.78 is 4.58. The van der Waals surface area contributed by atoms with E-state index < -0.39 is 6.09 Å². The normalized spacial score (nSPS) is 9.60. The lowest BCUT2D eigenvalue weighted by molar-refractivity contribution is 0.156. The topological polar surface area (TPSA) is 90.4 Å². The van der Waals surface area contributed by atoms with Crippen molar-refractivity contribution in [2.45, 2.75) is 6.42 Å². The van der Waals surface area contributed by atoms with Crippen molar-refractivity contribution in [2.24, 2.45) is 5.73 Å². The van der Waals surface area contributed by atoms with Crippen molar-refractivity contribution in [3.8, 4) is 0 Å². The van der Waals surface area contributed by atoms with E-state index in [4.69, 9.17) is 11.5 Å². The minimum Gasteiger partial charge on any atom is -0.450 e. The van der Waals surface area contributed by atoms with E-state index >= 15 is 0 Å². The summed E-state index contributed by atoms with van der Waals surface area (Å²) in [6.45, 7) is 0.997. The Morgan fingerprint density at radius 1 is 1.40 bits per heavy atom. The largest absolute Gasteiger partial charge is 0.450 e. The Hall–Kier alpha value is -1.91. The van der Waals surface area contributed by atoms with Crippen molar-refractivity contribution in [1.82, 2.24) is 0 Å². The average molecular weight is 209 g/mol. The van der Waals surface area contributed by atoms with Crippen molar-refractivity contribution in [3.05, 3.63) is 24.3 Å². The van der Waals surface area contributed by atoms with Gasteiger partial charge < -0.3 is 21.5 Å². The number of amides is 1. The highest BCUT2D eigenvalue weighted by molar-refractivity contribution is 5.65. The second kappa shape index (κ2) is 5.74. The second-order valence-electron chi connectivity index (χ2n) is 3.04. The van der Waals surface area contributed by atoms with Gasteiger partial charge >= 0.3 is 6.09 Å². The third-order valence-electron chi connectivity index (χ3n) is 1.84. The Kier molecular flexibility index (Phi) is 4.28. The van der Waals surface area contributed by atoms with Crippen LogP contribution < -0.4 is 16.8 Å². The monoisotopic (exact) mass is 209 g/mol. The van der Waals surface area contributed by atoms with Gasteiger partial charge in [-0.05, 0) is 18.6 Å². The average Bonchev–Trinajstić information content (AvgIpc) is 2.20. The van der Waals surface area contributed by atoms with E-state index in [-0.39, 0.29) is 0 Å². The predicted molar refractivity (Wildman–Crippen MR) is 59.5 cm³/mol. The minimum atomic E-state index is -0.741. The number of para-hydroxylation sites is 2. The molecule has 5 N–H and O–H groups in total. The fourth-order valence-electron chi connectivity index (χ4n) is 1.13. The summed E-state index contributed by atoms with van der Waals surface area (Å²) in [5.41, 5.74) is 12.1. The zero-order valence-corrected chi connectivity index (χ0v) is 8.40. The number of primary amides is 1. The van der Waals surface area contributed by atoms with Gasteiger partial charge in [0.2, 0.25) is 0 Å². The smallest absolute Gasteiger partial charge is 0.404 e. The zero-order chi connectivity index (χ0) is 11.1. The Labute approximate surface area is 88.4 Å². The van der Waals surface area contributed by atoms with Crippen LogP contribution in [0.5, 0.6) is 0 Å². The summed E-state index contributed by atoms with van der Waals surface area (Å²) in [6, 6.07) is 7.49. The number of anilines is 2. The molecule has 0 unspecified atom stereocenters. The number of nitrogen functional groups attached to an aromatic ring is 1. The lowest BCUT2D eigenvalue weighted by Gasteiger charge is -2.08. The van der Waals surface area contributed by atoms with Gasteiger partial charge in [-0.2, -0.15) is 0 Å². The number of carbonyl (C=O) groups is 1.